The van der Waals surface area contributed by atoms with E-state index >= 15 is 0 Å². The summed E-state index contributed by atoms with van der Waals surface area (Å²) in [6.45, 7) is 4.99. The molecule has 1 aromatic heterocycles. The van der Waals surface area contributed by atoms with Gasteiger partial charge in [-0.2, -0.15) is 0 Å². The Morgan fingerprint density at radius 1 is 0.857 bits per heavy atom. The molecule has 2 aromatic carbocycles. The number of aromatic nitrogens is 1. The van der Waals surface area contributed by atoms with Gasteiger partial charge in [-0.15, -0.1) is 11.3 Å². The molecule has 0 saturated heterocycles. The zero-order chi connectivity index (χ0) is 19.6. The van der Waals surface area contributed by atoms with Crippen molar-refractivity contribution in [3.63, 3.8) is 0 Å². The summed E-state index contributed by atoms with van der Waals surface area (Å²) in [6, 6.07) is 17.0. The van der Waals surface area contributed by atoms with Crippen molar-refractivity contribution in [2.75, 3.05) is 6.61 Å². The molecule has 0 atom stereocenters. The first-order chi connectivity index (χ1) is 13.8. The molecule has 0 radical (unpaired) electrons. The van der Waals surface area contributed by atoms with Gasteiger partial charge in [-0.05, 0) is 42.5 Å². The Morgan fingerprint density at radius 2 is 1.54 bits per heavy atom. The molecule has 0 amide bonds. The Labute approximate surface area is 172 Å². The third-order valence-corrected chi connectivity index (χ3v) is 5.75. The lowest BCUT2D eigenvalue weighted by molar-refractivity contribution is 0.362. The Kier molecular flexibility index (Phi) is 7.86. The number of ether oxygens (including phenoxy) is 1. The van der Waals surface area contributed by atoms with E-state index in [1.807, 2.05) is 29.7 Å². The van der Waals surface area contributed by atoms with Crippen LogP contribution in [-0.2, 0) is 6.42 Å². The summed E-state index contributed by atoms with van der Waals surface area (Å²) < 4.78 is 5.72. The van der Waals surface area contributed by atoms with Crippen LogP contribution in [0, 0.1) is 0 Å². The average molecular weight is 392 g/mol. The minimum absolute atomic E-state index is 0.621. The zero-order valence-electron chi connectivity index (χ0n) is 16.9. The van der Waals surface area contributed by atoms with Gasteiger partial charge in [0.1, 0.15) is 17.4 Å². The lowest BCUT2D eigenvalue weighted by atomic mass is 10.0. The van der Waals surface area contributed by atoms with Crippen molar-refractivity contribution in [1.29, 1.82) is 0 Å². The van der Waals surface area contributed by atoms with Crippen molar-refractivity contribution in [3.8, 4) is 27.4 Å². The van der Waals surface area contributed by atoms with Crippen LogP contribution in [-0.4, -0.2) is 11.6 Å². The fraction of sp³-hybridized carbons (Fsp3) is 0.320. The maximum Gasteiger partial charge on any atom is 0.123 e. The predicted octanol–water partition coefficient (Wildman–Crippen LogP) is 7.55. The molecule has 0 spiro atoms. The minimum atomic E-state index is 0.621. The first-order valence-electron chi connectivity index (χ1n) is 10.2. The lowest BCUT2D eigenvalue weighted by Crippen LogP contribution is -1.92. The number of hydrogen-bond acceptors (Lipinski definition) is 3. The molecule has 0 saturated carbocycles. The standard InChI is InChI=1S/C25H29NOS/c1-3-5-7-9-24-19-26-25(28-24)22-12-10-20(11-13-22)21-14-16-23(17-15-21)27-18-8-6-4-2/h6,8,10-17,19H,3-5,7,9,18H2,1-2H3. The largest absolute Gasteiger partial charge is 0.490 e. The molecular formula is C25H29NOS. The van der Waals surface area contributed by atoms with Gasteiger partial charge in [0, 0.05) is 16.6 Å². The SMILES string of the molecule is CCC=CCOc1ccc(-c2ccc(-c3ncc(CCCCC)s3)cc2)cc1. The molecule has 1 heterocycles. The first-order valence-corrected chi connectivity index (χ1v) is 11.0. The molecule has 0 aliphatic heterocycles. The summed E-state index contributed by atoms with van der Waals surface area (Å²) in [5.74, 6) is 0.902. The van der Waals surface area contributed by atoms with E-state index in [9.17, 15) is 0 Å². The van der Waals surface area contributed by atoms with Gasteiger partial charge >= 0.3 is 0 Å². The number of rotatable bonds is 10. The Morgan fingerprint density at radius 3 is 2.21 bits per heavy atom. The topological polar surface area (TPSA) is 22.1 Å². The van der Waals surface area contributed by atoms with E-state index in [1.54, 1.807) is 0 Å². The highest BCUT2D eigenvalue weighted by Gasteiger charge is 2.06. The maximum absolute atomic E-state index is 5.72. The van der Waals surface area contributed by atoms with Gasteiger partial charge in [0.05, 0.1) is 0 Å². The molecule has 3 rings (SSSR count). The van der Waals surface area contributed by atoms with Crippen LogP contribution < -0.4 is 4.74 Å². The van der Waals surface area contributed by atoms with Crippen LogP contribution in [0.5, 0.6) is 5.75 Å². The number of aryl methyl sites for hydroxylation is 1. The van der Waals surface area contributed by atoms with E-state index in [1.165, 1.54) is 40.8 Å². The highest BCUT2D eigenvalue weighted by molar-refractivity contribution is 7.15. The monoisotopic (exact) mass is 391 g/mol. The second-order valence-corrected chi connectivity index (χ2v) is 8.00. The Bertz CT molecular complexity index is 862. The summed E-state index contributed by atoms with van der Waals surface area (Å²) in [6.07, 6.45) is 12.2. The van der Waals surface area contributed by atoms with Crippen LogP contribution in [0.4, 0.5) is 0 Å². The minimum Gasteiger partial charge on any atom is -0.490 e. The van der Waals surface area contributed by atoms with Crippen molar-refractivity contribution in [2.45, 2.75) is 46.0 Å². The normalized spacial score (nSPS) is 11.2. The molecule has 0 aliphatic carbocycles. The molecule has 0 aliphatic rings. The Hall–Kier alpha value is -2.39. The van der Waals surface area contributed by atoms with E-state index in [-0.39, 0.29) is 0 Å². The van der Waals surface area contributed by atoms with E-state index in [0.717, 1.165) is 23.6 Å². The molecule has 0 fully saturated rings. The van der Waals surface area contributed by atoms with Crippen LogP contribution in [0.3, 0.4) is 0 Å². The van der Waals surface area contributed by atoms with Crippen molar-refractivity contribution < 1.29 is 4.74 Å². The van der Waals surface area contributed by atoms with Crippen molar-refractivity contribution in [1.82, 2.24) is 4.98 Å². The third-order valence-electron chi connectivity index (χ3n) is 4.65. The van der Waals surface area contributed by atoms with E-state index in [0.29, 0.717) is 6.61 Å². The average Bonchev–Trinajstić information content (AvgIpc) is 3.21. The number of unbranched alkanes of at least 4 members (excludes halogenated alkanes) is 2. The molecule has 3 heteroatoms. The van der Waals surface area contributed by atoms with Crippen LogP contribution >= 0.6 is 11.3 Å². The maximum atomic E-state index is 5.72. The molecule has 0 unspecified atom stereocenters. The number of thiazole rings is 1. The van der Waals surface area contributed by atoms with Gasteiger partial charge in [-0.25, -0.2) is 4.98 Å². The second kappa shape index (κ2) is 10.8. The third kappa shape index (κ3) is 5.80. The van der Waals surface area contributed by atoms with Gasteiger partial charge in [-0.3, -0.25) is 0 Å². The number of nitrogens with zero attached hydrogens (tertiary/aromatic N) is 1. The van der Waals surface area contributed by atoms with Crippen LogP contribution in [0.1, 0.15) is 44.4 Å². The highest BCUT2D eigenvalue weighted by Crippen LogP contribution is 2.29. The molecule has 2 nitrogen and oxygen atoms in total. The molecule has 3 aromatic rings. The van der Waals surface area contributed by atoms with Crippen molar-refractivity contribution in [2.24, 2.45) is 0 Å². The molecular weight excluding hydrogens is 362 g/mol. The van der Waals surface area contributed by atoms with Gasteiger partial charge in [0.25, 0.3) is 0 Å². The molecule has 28 heavy (non-hydrogen) atoms. The van der Waals surface area contributed by atoms with Gasteiger partial charge < -0.3 is 4.74 Å². The van der Waals surface area contributed by atoms with Crippen molar-refractivity contribution in [3.05, 3.63) is 71.8 Å². The predicted molar refractivity (Wildman–Crippen MR) is 121 cm³/mol. The number of benzene rings is 2. The molecule has 0 bridgehead atoms. The van der Waals surface area contributed by atoms with Crippen LogP contribution in [0.2, 0.25) is 0 Å². The fourth-order valence-corrected chi connectivity index (χ4v) is 3.99. The fourth-order valence-electron chi connectivity index (χ4n) is 3.03. The van der Waals surface area contributed by atoms with E-state index in [4.69, 9.17) is 4.74 Å². The van der Waals surface area contributed by atoms with Gasteiger partial charge in [0.15, 0.2) is 0 Å². The van der Waals surface area contributed by atoms with E-state index < -0.39 is 0 Å². The summed E-state index contributed by atoms with van der Waals surface area (Å²) in [4.78, 5) is 6.00. The molecule has 0 N–H and O–H groups in total. The van der Waals surface area contributed by atoms with Gasteiger partial charge in [0.2, 0.25) is 0 Å². The first kappa shape index (κ1) is 20.3. The van der Waals surface area contributed by atoms with Gasteiger partial charge in [-0.1, -0.05) is 75.2 Å². The second-order valence-electron chi connectivity index (χ2n) is 6.88. The summed E-state index contributed by atoms with van der Waals surface area (Å²) in [7, 11) is 0. The highest BCUT2D eigenvalue weighted by atomic mass is 32.1. The summed E-state index contributed by atoms with van der Waals surface area (Å²) in [5, 5.41) is 1.11. The zero-order valence-corrected chi connectivity index (χ0v) is 17.7. The summed E-state index contributed by atoms with van der Waals surface area (Å²) >= 11 is 1.82. The van der Waals surface area contributed by atoms with Crippen molar-refractivity contribution >= 4 is 11.3 Å². The van der Waals surface area contributed by atoms with E-state index in [2.05, 4.69) is 67.4 Å². The number of hydrogen-bond donors (Lipinski definition) is 0. The smallest absolute Gasteiger partial charge is 0.123 e. The lowest BCUT2D eigenvalue weighted by Gasteiger charge is -2.06. The number of allylic oxidation sites excluding steroid dienone is 1. The molecule has 146 valence electrons. The van der Waals surface area contributed by atoms with Crippen LogP contribution in [0.25, 0.3) is 21.7 Å². The van der Waals surface area contributed by atoms with Crippen LogP contribution in [0.15, 0.2) is 66.9 Å². The Balaban J connectivity index is 1.61. The quantitative estimate of drug-likeness (QED) is 0.263. The summed E-state index contributed by atoms with van der Waals surface area (Å²) in [5.41, 5.74) is 3.60.